The summed E-state index contributed by atoms with van der Waals surface area (Å²) in [5.74, 6) is -1.22. The lowest BCUT2D eigenvalue weighted by atomic mass is 10.0. The number of rotatable bonds is 14. The van der Waals surface area contributed by atoms with Crippen molar-refractivity contribution in [2.24, 2.45) is 0 Å². The van der Waals surface area contributed by atoms with Crippen LogP contribution in [0.1, 0.15) is 77.2 Å². The fourth-order valence-electron chi connectivity index (χ4n) is 3.45. The van der Waals surface area contributed by atoms with Gasteiger partial charge in [0.1, 0.15) is 23.3 Å². The van der Waals surface area contributed by atoms with Crippen LogP contribution in [-0.2, 0) is 30.2 Å². The quantitative estimate of drug-likeness (QED) is 0.155. The van der Waals surface area contributed by atoms with E-state index < -0.39 is 47.6 Å². The lowest BCUT2D eigenvalue weighted by Crippen LogP contribution is -2.43. The summed E-state index contributed by atoms with van der Waals surface area (Å²) in [5.41, 5.74) is -0.602. The van der Waals surface area contributed by atoms with Crippen LogP contribution in [0.4, 0.5) is 9.59 Å². The molecule has 0 aromatic heterocycles. The average molecular weight is 602 g/mol. The van der Waals surface area contributed by atoms with Crippen LogP contribution in [0.2, 0.25) is 0 Å². The van der Waals surface area contributed by atoms with Crippen LogP contribution < -0.4 is 14.8 Å². The Hall–Kier alpha value is -4.12. The highest BCUT2D eigenvalue weighted by Crippen LogP contribution is 2.31. The Kier molecular flexibility index (Phi) is 13.0. The third kappa shape index (κ3) is 12.0. The van der Waals surface area contributed by atoms with Crippen molar-refractivity contribution in [3.05, 3.63) is 59.7 Å². The van der Waals surface area contributed by atoms with Gasteiger partial charge >= 0.3 is 24.2 Å². The van der Waals surface area contributed by atoms with E-state index in [9.17, 15) is 19.2 Å². The topological polar surface area (TPSA) is 136 Å². The van der Waals surface area contributed by atoms with Gasteiger partial charge in [-0.1, -0.05) is 38.1 Å². The van der Waals surface area contributed by atoms with Crippen molar-refractivity contribution >= 4 is 24.2 Å². The molecule has 0 heterocycles. The van der Waals surface area contributed by atoms with Crippen molar-refractivity contribution in [2.45, 2.75) is 91.1 Å². The number of nitrogens with one attached hydrogen (secondary N) is 1. The minimum atomic E-state index is -0.993. The Morgan fingerprint density at radius 3 is 1.91 bits per heavy atom. The molecule has 0 fully saturated rings. The number of hydrogen-bond acceptors (Lipinski definition) is 11. The maximum absolute atomic E-state index is 12.6. The van der Waals surface area contributed by atoms with Crippen LogP contribution in [-0.4, -0.2) is 61.3 Å². The number of carbonyl (C=O) groups excluding carboxylic acids is 4. The molecule has 0 bridgehead atoms. The number of benzene rings is 2. The number of hydrogen-bond donors (Lipinski definition) is 1. The van der Waals surface area contributed by atoms with E-state index in [0.717, 1.165) is 0 Å². The van der Waals surface area contributed by atoms with Crippen LogP contribution in [0.5, 0.6) is 11.5 Å². The summed E-state index contributed by atoms with van der Waals surface area (Å²) >= 11 is 0. The normalized spacial score (nSPS) is 12.8. The molecule has 2 atom stereocenters. The average Bonchev–Trinajstić information content (AvgIpc) is 2.95. The molecule has 0 saturated carbocycles. The Balaban J connectivity index is 2.22. The van der Waals surface area contributed by atoms with Crippen LogP contribution in [0.15, 0.2) is 48.5 Å². The molecule has 2 rings (SSSR count). The number of methoxy groups -OCH3 is 1. The zero-order valence-corrected chi connectivity index (χ0v) is 26.2. The molecule has 0 radical (unpaired) electrons. The van der Waals surface area contributed by atoms with E-state index in [1.807, 2.05) is 13.8 Å². The molecule has 1 N–H and O–H groups in total. The fraction of sp³-hybridized carbons (Fsp3) is 0.500. The molecular formula is C32H43NO10. The van der Waals surface area contributed by atoms with Crippen molar-refractivity contribution < 1.29 is 47.6 Å². The maximum atomic E-state index is 12.6. The Morgan fingerprint density at radius 1 is 0.814 bits per heavy atom. The second kappa shape index (κ2) is 15.9. The number of esters is 2. The van der Waals surface area contributed by atoms with Crippen molar-refractivity contribution in [1.29, 1.82) is 0 Å². The van der Waals surface area contributed by atoms with E-state index in [0.29, 0.717) is 24.0 Å². The summed E-state index contributed by atoms with van der Waals surface area (Å²) in [6, 6.07) is 12.2. The summed E-state index contributed by atoms with van der Waals surface area (Å²) in [4.78, 5) is 50.1. The molecule has 0 aliphatic rings. The standard InChI is InChI=1S/C32H43NO10/c1-9-31(4,5)42-29(36)40-25-17-16-22(19-26(25)41-30(37)43-32(6,7)10-2)18-24(28(35)38-8)33-20-21(3)39-27(34)23-14-12-11-13-15-23/h11-17,19,21,24,33H,9-10,18,20H2,1-8H3/t21?,24-/m0/s1. The SMILES string of the molecule is CCC(C)(C)OC(=O)Oc1ccc(C[C@H](NCC(C)OC(=O)c2ccccc2)C(=O)OC)cc1OC(=O)OC(C)(C)CC. The van der Waals surface area contributed by atoms with Crippen molar-refractivity contribution in [2.75, 3.05) is 13.7 Å². The van der Waals surface area contributed by atoms with E-state index >= 15 is 0 Å². The van der Waals surface area contributed by atoms with E-state index in [1.165, 1.54) is 19.2 Å². The molecule has 0 amide bonds. The molecular weight excluding hydrogens is 558 g/mol. The van der Waals surface area contributed by atoms with Gasteiger partial charge in [-0.2, -0.15) is 0 Å². The van der Waals surface area contributed by atoms with Crippen LogP contribution >= 0.6 is 0 Å². The van der Waals surface area contributed by atoms with Crippen molar-refractivity contribution in [3.8, 4) is 11.5 Å². The Labute approximate surface area is 253 Å². The highest BCUT2D eigenvalue weighted by atomic mass is 16.8. The predicted molar refractivity (Wildman–Crippen MR) is 158 cm³/mol. The fourth-order valence-corrected chi connectivity index (χ4v) is 3.45. The summed E-state index contributed by atoms with van der Waals surface area (Å²) in [6.07, 6.45) is -1.34. The molecule has 0 saturated heterocycles. The van der Waals surface area contributed by atoms with Gasteiger partial charge < -0.3 is 33.7 Å². The van der Waals surface area contributed by atoms with Gasteiger partial charge in [0.15, 0.2) is 11.5 Å². The van der Waals surface area contributed by atoms with Gasteiger partial charge in [-0.05, 0) is 83.7 Å². The van der Waals surface area contributed by atoms with Crippen molar-refractivity contribution in [1.82, 2.24) is 5.32 Å². The highest BCUT2D eigenvalue weighted by Gasteiger charge is 2.27. The molecule has 1 unspecified atom stereocenters. The molecule has 236 valence electrons. The first-order chi connectivity index (χ1) is 20.2. The molecule has 0 aliphatic heterocycles. The van der Waals surface area contributed by atoms with Crippen molar-refractivity contribution in [3.63, 3.8) is 0 Å². The zero-order valence-electron chi connectivity index (χ0n) is 26.2. The summed E-state index contributed by atoms with van der Waals surface area (Å²) in [7, 11) is 1.26. The number of ether oxygens (including phenoxy) is 6. The molecule has 11 heteroatoms. The third-order valence-corrected chi connectivity index (χ3v) is 6.71. The molecule has 11 nitrogen and oxygen atoms in total. The molecule has 2 aromatic rings. The largest absolute Gasteiger partial charge is 0.514 e. The van der Waals surface area contributed by atoms with Gasteiger partial charge in [-0.25, -0.2) is 14.4 Å². The summed E-state index contributed by atoms with van der Waals surface area (Å²) < 4.78 is 32.0. The molecule has 0 spiro atoms. The van der Waals surface area contributed by atoms with E-state index in [1.54, 1.807) is 71.0 Å². The smallest absolute Gasteiger partial charge is 0.468 e. The lowest BCUT2D eigenvalue weighted by molar-refractivity contribution is -0.143. The third-order valence-electron chi connectivity index (χ3n) is 6.71. The monoisotopic (exact) mass is 601 g/mol. The van der Waals surface area contributed by atoms with Gasteiger partial charge in [-0.3, -0.25) is 4.79 Å². The first-order valence-corrected chi connectivity index (χ1v) is 14.2. The van der Waals surface area contributed by atoms with Crippen LogP contribution in [0, 0.1) is 0 Å². The molecule has 43 heavy (non-hydrogen) atoms. The molecule has 2 aromatic carbocycles. The molecule has 0 aliphatic carbocycles. The zero-order chi connectivity index (χ0) is 32.2. The maximum Gasteiger partial charge on any atom is 0.514 e. The Morgan fingerprint density at radius 2 is 1.37 bits per heavy atom. The van der Waals surface area contributed by atoms with Crippen LogP contribution in [0.25, 0.3) is 0 Å². The van der Waals surface area contributed by atoms with E-state index in [2.05, 4.69) is 5.32 Å². The van der Waals surface area contributed by atoms with Gasteiger partial charge in [0.05, 0.1) is 12.7 Å². The van der Waals surface area contributed by atoms with E-state index in [-0.39, 0.29) is 24.5 Å². The second-order valence-electron chi connectivity index (χ2n) is 11.2. The first-order valence-electron chi connectivity index (χ1n) is 14.2. The Bertz CT molecular complexity index is 1240. The first kappa shape index (κ1) is 35.1. The predicted octanol–water partition coefficient (Wildman–Crippen LogP) is 6.01. The highest BCUT2D eigenvalue weighted by molar-refractivity contribution is 5.89. The van der Waals surface area contributed by atoms with Gasteiger partial charge in [-0.15, -0.1) is 0 Å². The van der Waals surface area contributed by atoms with Gasteiger partial charge in [0.25, 0.3) is 0 Å². The second-order valence-corrected chi connectivity index (χ2v) is 11.2. The summed E-state index contributed by atoms with van der Waals surface area (Å²) in [5, 5.41) is 3.06. The minimum absolute atomic E-state index is 0.0732. The minimum Gasteiger partial charge on any atom is -0.468 e. The van der Waals surface area contributed by atoms with Gasteiger partial charge in [0.2, 0.25) is 0 Å². The van der Waals surface area contributed by atoms with Crippen LogP contribution in [0.3, 0.4) is 0 Å². The lowest BCUT2D eigenvalue weighted by Gasteiger charge is -2.24. The van der Waals surface area contributed by atoms with E-state index in [4.69, 9.17) is 28.4 Å². The summed E-state index contributed by atoms with van der Waals surface area (Å²) in [6.45, 7) is 12.5. The number of carbonyl (C=O) groups is 4. The van der Waals surface area contributed by atoms with Gasteiger partial charge in [0, 0.05) is 6.54 Å².